The van der Waals surface area contributed by atoms with E-state index in [2.05, 4.69) is 10.2 Å². The molecule has 0 spiro atoms. The van der Waals surface area contributed by atoms with Gasteiger partial charge in [-0.25, -0.2) is 0 Å². The van der Waals surface area contributed by atoms with Gasteiger partial charge in [-0.15, -0.1) is 0 Å². The number of nitrogens with zero attached hydrogens (tertiary/aromatic N) is 2. The number of hydrogen-bond acceptors (Lipinski definition) is 5. The van der Waals surface area contributed by atoms with Crippen molar-refractivity contribution in [2.24, 2.45) is 11.8 Å². The molecule has 0 radical (unpaired) electrons. The molecule has 144 valence electrons. The minimum atomic E-state index is 0.00249. The average Bonchev–Trinajstić information content (AvgIpc) is 2.66. The third-order valence-electron chi connectivity index (χ3n) is 5.24. The summed E-state index contributed by atoms with van der Waals surface area (Å²) in [5.41, 5.74) is 0. The lowest BCUT2D eigenvalue weighted by Gasteiger charge is -2.33. The number of likely N-dealkylation sites (tertiary alicyclic amines) is 2. The first-order valence-corrected chi connectivity index (χ1v) is 9.60. The van der Waals surface area contributed by atoms with Crippen LogP contribution < -0.4 is 5.32 Å². The zero-order chi connectivity index (χ0) is 18.1. The van der Waals surface area contributed by atoms with Crippen LogP contribution in [0.3, 0.4) is 0 Å². The van der Waals surface area contributed by atoms with Crippen molar-refractivity contribution in [2.45, 2.75) is 32.6 Å². The maximum absolute atomic E-state index is 12.3. The minimum Gasteiger partial charge on any atom is -0.396 e. The molecule has 2 rings (SSSR count). The van der Waals surface area contributed by atoms with E-state index in [4.69, 9.17) is 4.74 Å². The number of ether oxygens (including phenoxy) is 1. The highest BCUT2D eigenvalue weighted by molar-refractivity contribution is 5.80. The van der Waals surface area contributed by atoms with Gasteiger partial charge in [0.1, 0.15) is 6.61 Å². The monoisotopic (exact) mass is 355 g/mol. The molecule has 0 aromatic carbocycles. The van der Waals surface area contributed by atoms with E-state index >= 15 is 0 Å². The van der Waals surface area contributed by atoms with Crippen molar-refractivity contribution in [3.05, 3.63) is 0 Å². The summed E-state index contributed by atoms with van der Waals surface area (Å²) in [6.45, 7) is 7.54. The summed E-state index contributed by atoms with van der Waals surface area (Å²) < 4.78 is 5.16. The molecular weight excluding hydrogens is 322 g/mol. The van der Waals surface area contributed by atoms with Crippen LogP contribution in [0.25, 0.3) is 0 Å². The van der Waals surface area contributed by atoms with Crippen molar-refractivity contribution < 1.29 is 19.4 Å². The summed E-state index contributed by atoms with van der Waals surface area (Å²) in [5.74, 6) is 0.502. The molecule has 7 heteroatoms. The van der Waals surface area contributed by atoms with Gasteiger partial charge in [0.25, 0.3) is 0 Å². The van der Waals surface area contributed by atoms with Crippen molar-refractivity contribution in [1.29, 1.82) is 0 Å². The van der Waals surface area contributed by atoms with Gasteiger partial charge < -0.3 is 25.0 Å². The molecule has 2 aliphatic heterocycles. The molecule has 0 saturated carbocycles. The highest BCUT2D eigenvalue weighted by atomic mass is 16.5. The molecule has 0 bridgehead atoms. The predicted octanol–water partition coefficient (Wildman–Crippen LogP) is 0.0820. The van der Waals surface area contributed by atoms with Gasteiger partial charge in [0.15, 0.2) is 0 Å². The van der Waals surface area contributed by atoms with Gasteiger partial charge in [-0.3, -0.25) is 9.59 Å². The van der Waals surface area contributed by atoms with E-state index in [-0.39, 0.29) is 30.9 Å². The molecule has 7 nitrogen and oxygen atoms in total. The van der Waals surface area contributed by atoms with E-state index in [0.717, 1.165) is 45.3 Å². The summed E-state index contributed by atoms with van der Waals surface area (Å²) in [5, 5.41) is 12.3. The lowest BCUT2D eigenvalue weighted by Crippen LogP contribution is -2.46. The number of amides is 2. The van der Waals surface area contributed by atoms with Crippen molar-refractivity contribution in [2.75, 3.05) is 59.1 Å². The Bertz CT molecular complexity index is 425. The first-order valence-electron chi connectivity index (χ1n) is 9.60. The first-order chi connectivity index (χ1) is 12.1. The Balaban J connectivity index is 1.61. The van der Waals surface area contributed by atoms with Crippen LogP contribution in [0.15, 0.2) is 0 Å². The largest absolute Gasteiger partial charge is 0.396 e. The van der Waals surface area contributed by atoms with Crippen LogP contribution in [0.1, 0.15) is 32.6 Å². The Morgan fingerprint density at radius 1 is 1.20 bits per heavy atom. The summed E-state index contributed by atoms with van der Waals surface area (Å²) in [6.07, 6.45) is 3.66. The van der Waals surface area contributed by atoms with Gasteiger partial charge in [-0.05, 0) is 45.1 Å². The van der Waals surface area contributed by atoms with Crippen LogP contribution in [0.5, 0.6) is 0 Å². The first kappa shape index (κ1) is 20.1. The zero-order valence-electron chi connectivity index (χ0n) is 15.4. The van der Waals surface area contributed by atoms with Crippen molar-refractivity contribution in [1.82, 2.24) is 15.1 Å². The Morgan fingerprint density at radius 2 is 1.96 bits per heavy atom. The summed E-state index contributed by atoms with van der Waals surface area (Å²) >= 11 is 0. The van der Waals surface area contributed by atoms with Crippen LogP contribution in [0, 0.1) is 11.8 Å². The molecule has 2 amide bonds. The molecule has 0 aliphatic carbocycles. The lowest BCUT2D eigenvalue weighted by molar-refractivity contribution is -0.139. The maximum Gasteiger partial charge on any atom is 0.248 e. The fourth-order valence-electron chi connectivity index (χ4n) is 3.66. The molecule has 1 atom stereocenters. The molecule has 1 unspecified atom stereocenters. The molecule has 25 heavy (non-hydrogen) atoms. The van der Waals surface area contributed by atoms with Gasteiger partial charge in [-0.2, -0.15) is 0 Å². The number of aliphatic hydroxyl groups excluding tert-OH is 1. The maximum atomic E-state index is 12.3. The van der Waals surface area contributed by atoms with Gasteiger partial charge in [0.2, 0.25) is 11.8 Å². The summed E-state index contributed by atoms with van der Waals surface area (Å²) in [7, 11) is 0. The second kappa shape index (κ2) is 10.7. The van der Waals surface area contributed by atoms with Gasteiger partial charge >= 0.3 is 0 Å². The fraction of sp³-hybridized carbons (Fsp3) is 0.889. The van der Waals surface area contributed by atoms with E-state index < -0.39 is 0 Å². The van der Waals surface area contributed by atoms with Gasteiger partial charge in [0.05, 0.1) is 0 Å². The Kier molecular flexibility index (Phi) is 8.64. The number of hydrogen-bond donors (Lipinski definition) is 2. The number of rotatable bonds is 8. The van der Waals surface area contributed by atoms with E-state index in [1.165, 1.54) is 0 Å². The van der Waals surface area contributed by atoms with E-state index in [0.29, 0.717) is 32.2 Å². The zero-order valence-corrected chi connectivity index (χ0v) is 15.4. The number of piperidine rings is 2. The predicted molar refractivity (Wildman–Crippen MR) is 95.1 cm³/mol. The molecular formula is C18H33N3O4. The van der Waals surface area contributed by atoms with Gasteiger partial charge in [0, 0.05) is 51.9 Å². The Labute approximate surface area is 150 Å². The fourth-order valence-corrected chi connectivity index (χ4v) is 3.66. The molecule has 2 N–H and O–H groups in total. The van der Waals surface area contributed by atoms with Crippen molar-refractivity contribution in [3.63, 3.8) is 0 Å². The smallest absolute Gasteiger partial charge is 0.248 e. The topological polar surface area (TPSA) is 82.1 Å². The molecule has 0 aromatic rings. The van der Waals surface area contributed by atoms with Crippen molar-refractivity contribution >= 4 is 11.8 Å². The minimum absolute atomic E-state index is 0.00249. The average molecular weight is 355 g/mol. The quantitative estimate of drug-likeness (QED) is 0.644. The molecule has 2 aliphatic rings. The second-order valence-electron chi connectivity index (χ2n) is 7.07. The van der Waals surface area contributed by atoms with E-state index in [1.807, 2.05) is 6.92 Å². The van der Waals surface area contributed by atoms with Crippen LogP contribution in [0.4, 0.5) is 0 Å². The highest BCUT2D eigenvalue weighted by Gasteiger charge is 2.27. The SMILES string of the molecule is CCOCC(=O)N1CCC(C(=O)NCCN2CCCC(CO)C2)CC1. The second-order valence-corrected chi connectivity index (χ2v) is 7.07. The van der Waals surface area contributed by atoms with Crippen molar-refractivity contribution in [3.8, 4) is 0 Å². The Hall–Kier alpha value is -1.18. The normalized spacial score (nSPS) is 22.8. The van der Waals surface area contributed by atoms with Crippen LogP contribution >= 0.6 is 0 Å². The van der Waals surface area contributed by atoms with Crippen LogP contribution in [-0.2, 0) is 14.3 Å². The molecule has 0 aromatic heterocycles. The molecule has 2 heterocycles. The van der Waals surface area contributed by atoms with E-state index in [1.54, 1.807) is 4.90 Å². The van der Waals surface area contributed by atoms with Gasteiger partial charge in [-0.1, -0.05) is 0 Å². The Morgan fingerprint density at radius 3 is 2.64 bits per heavy atom. The number of carbonyl (C=O) groups is 2. The van der Waals surface area contributed by atoms with Crippen LogP contribution in [0.2, 0.25) is 0 Å². The molecule has 2 fully saturated rings. The molecule has 2 saturated heterocycles. The summed E-state index contributed by atoms with van der Waals surface area (Å²) in [6, 6.07) is 0. The third-order valence-corrected chi connectivity index (χ3v) is 5.24. The highest BCUT2D eigenvalue weighted by Crippen LogP contribution is 2.18. The lowest BCUT2D eigenvalue weighted by atomic mass is 9.96. The number of nitrogens with one attached hydrogen (secondary N) is 1. The number of carbonyl (C=O) groups excluding carboxylic acids is 2. The van der Waals surface area contributed by atoms with E-state index in [9.17, 15) is 14.7 Å². The van der Waals surface area contributed by atoms with Crippen LogP contribution in [-0.4, -0.2) is 85.8 Å². The summed E-state index contributed by atoms with van der Waals surface area (Å²) in [4.78, 5) is 28.3. The standard InChI is InChI=1S/C18H33N3O4/c1-2-25-14-17(23)21-9-5-16(6-10-21)18(24)19-7-11-20-8-3-4-15(12-20)13-22/h15-16,22H,2-14H2,1H3,(H,19,24). The third kappa shape index (κ3) is 6.56. The number of aliphatic hydroxyl groups is 1.